The van der Waals surface area contributed by atoms with E-state index in [1.54, 1.807) is 30.0 Å². The third kappa shape index (κ3) is 6.79. The molecule has 33 heavy (non-hydrogen) atoms. The van der Waals surface area contributed by atoms with Crippen LogP contribution in [0, 0.1) is 0 Å². The molecule has 1 N–H and O–H groups in total. The predicted octanol–water partition coefficient (Wildman–Crippen LogP) is -0.625. The van der Waals surface area contributed by atoms with E-state index in [0.717, 1.165) is 6.42 Å². The van der Waals surface area contributed by atoms with Gasteiger partial charge in [0.15, 0.2) is 11.5 Å². The molecule has 0 radical (unpaired) electrons. The third-order valence-corrected chi connectivity index (χ3v) is 7.30. The molecule has 1 aromatic carbocycles. The van der Waals surface area contributed by atoms with Crippen molar-refractivity contribution >= 4 is 21.8 Å². The molecule has 0 unspecified atom stereocenters. The maximum Gasteiger partial charge on any atom is 0.243 e. The second-order valence-corrected chi connectivity index (χ2v) is 9.90. The second-order valence-electron chi connectivity index (χ2n) is 7.96. The van der Waals surface area contributed by atoms with Crippen LogP contribution in [0.15, 0.2) is 23.1 Å². The number of nitrogens with zero attached hydrogens (tertiary/aromatic N) is 3. The fourth-order valence-electron chi connectivity index (χ4n) is 3.64. The minimum absolute atomic E-state index is 0.0837. The molecule has 2 aliphatic heterocycles. The van der Waals surface area contributed by atoms with E-state index in [-0.39, 0.29) is 42.9 Å². The van der Waals surface area contributed by atoms with Crippen LogP contribution in [0.25, 0.3) is 0 Å². The van der Waals surface area contributed by atoms with Gasteiger partial charge in [0, 0.05) is 52.5 Å². The number of hydrogen-bond donors (Lipinski definition) is 1. The van der Waals surface area contributed by atoms with Crippen molar-refractivity contribution in [2.24, 2.45) is 0 Å². The van der Waals surface area contributed by atoms with E-state index < -0.39 is 10.0 Å². The van der Waals surface area contributed by atoms with Crippen LogP contribution < -0.4 is 14.8 Å². The van der Waals surface area contributed by atoms with E-state index in [4.69, 9.17) is 14.2 Å². The normalized spacial score (nSPS) is 16.6. The van der Waals surface area contributed by atoms with Crippen LogP contribution in [-0.4, -0.2) is 114 Å². The Labute approximate surface area is 194 Å². The number of fused-ring (bicyclic) bond motifs is 1. The van der Waals surface area contributed by atoms with E-state index in [0.29, 0.717) is 51.0 Å². The predicted molar refractivity (Wildman–Crippen MR) is 120 cm³/mol. The van der Waals surface area contributed by atoms with Crippen LogP contribution in [0.4, 0.5) is 0 Å². The molecule has 2 heterocycles. The molecule has 0 aromatic heterocycles. The Bertz CT molecular complexity index is 933. The van der Waals surface area contributed by atoms with E-state index in [1.807, 2.05) is 0 Å². The Balaban J connectivity index is 1.47. The van der Waals surface area contributed by atoms with Crippen LogP contribution in [0.2, 0.25) is 0 Å². The standard InChI is InChI=1S/C21H32N4O7S/c1-23(15-20(26)22-6-3-11-30-2)16-21(27)24-7-9-25(10-8-24)33(28,29)17-4-5-18-19(14-17)32-13-12-31-18/h4-5,14H,3,6-13,15-16H2,1-2H3,(H,22,26). The maximum atomic E-state index is 13.0. The molecular weight excluding hydrogens is 452 g/mol. The minimum Gasteiger partial charge on any atom is -0.486 e. The molecule has 1 aromatic rings. The topological polar surface area (TPSA) is 118 Å². The summed E-state index contributed by atoms with van der Waals surface area (Å²) in [6.45, 7) is 3.08. The van der Waals surface area contributed by atoms with Gasteiger partial charge in [0.2, 0.25) is 21.8 Å². The van der Waals surface area contributed by atoms with E-state index in [2.05, 4.69) is 5.32 Å². The monoisotopic (exact) mass is 484 g/mol. The maximum absolute atomic E-state index is 13.0. The van der Waals surface area contributed by atoms with Crippen LogP contribution in [0.1, 0.15) is 6.42 Å². The molecule has 0 spiro atoms. The summed E-state index contributed by atoms with van der Waals surface area (Å²) < 4.78 is 43.3. The average molecular weight is 485 g/mol. The highest BCUT2D eigenvalue weighted by molar-refractivity contribution is 7.89. The third-order valence-electron chi connectivity index (χ3n) is 5.41. The van der Waals surface area contributed by atoms with Crippen molar-refractivity contribution in [1.82, 2.24) is 19.4 Å². The lowest BCUT2D eigenvalue weighted by molar-refractivity contribution is -0.133. The average Bonchev–Trinajstić information content (AvgIpc) is 2.81. The lowest BCUT2D eigenvalue weighted by atomic mass is 10.3. The first kappa shape index (κ1) is 25.2. The number of amides is 2. The summed E-state index contributed by atoms with van der Waals surface area (Å²) in [5.41, 5.74) is 0. The Morgan fingerprint density at radius 2 is 1.79 bits per heavy atom. The summed E-state index contributed by atoms with van der Waals surface area (Å²) in [6.07, 6.45) is 0.727. The molecule has 0 aliphatic carbocycles. The van der Waals surface area contributed by atoms with Gasteiger partial charge in [-0.05, 0) is 25.6 Å². The molecule has 11 nitrogen and oxygen atoms in total. The van der Waals surface area contributed by atoms with Gasteiger partial charge in [0.05, 0.1) is 18.0 Å². The van der Waals surface area contributed by atoms with Crippen molar-refractivity contribution in [3.8, 4) is 11.5 Å². The number of nitrogens with one attached hydrogen (secondary N) is 1. The summed E-state index contributed by atoms with van der Waals surface area (Å²) in [5, 5.41) is 2.78. The molecule has 3 rings (SSSR count). The second kappa shape index (κ2) is 11.6. The highest BCUT2D eigenvalue weighted by atomic mass is 32.2. The van der Waals surface area contributed by atoms with E-state index in [1.165, 1.54) is 16.4 Å². The van der Waals surface area contributed by atoms with Crippen molar-refractivity contribution in [2.45, 2.75) is 11.3 Å². The van der Waals surface area contributed by atoms with Gasteiger partial charge in [-0.3, -0.25) is 14.5 Å². The highest BCUT2D eigenvalue weighted by Gasteiger charge is 2.31. The number of methoxy groups -OCH3 is 1. The number of carbonyl (C=O) groups is 2. The smallest absolute Gasteiger partial charge is 0.243 e. The first-order chi connectivity index (χ1) is 15.8. The number of likely N-dealkylation sites (N-methyl/N-ethyl adjacent to an activating group) is 1. The van der Waals surface area contributed by atoms with Gasteiger partial charge >= 0.3 is 0 Å². The van der Waals surface area contributed by atoms with Crippen LogP contribution >= 0.6 is 0 Å². The van der Waals surface area contributed by atoms with Crippen molar-refractivity contribution in [3.63, 3.8) is 0 Å². The van der Waals surface area contributed by atoms with Gasteiger partial charge in [-0.2, -0.15) is 4.31 Å². The number of rotatable bonds is 10. The van der Waals surface area contributed by atoms with Gasteiger partial charge in [0.1, 0.15) is 13.2 Å². The summed E-state index contributed by atoms with van der Waals surface area (Å²) in [5.74, 6) is 0.656. The first-order valence-electron chi connectivity index (χ1n) is 10.9. The van der Waals surface area contributed by atoms with Gasteiger partial charge in [0.25, 0.3) is 0 Å². The van der Waals surface area contributed by atoms with Gasteiger partial charge in [-0.25, -0.2) is 8.42 Å². The molecule has 12 heteroatoms. The lowest BCUT2D eigenvalue weighted by Crippen LogP contribution is -2.52. The SMILES string of the molecule is COCCCNC(=O)CN(C)CC(=O)N1CCN(S(=O)(=O)c2ccc3c(c2)OCCO3)CC1. The Kier molecular flexibility index (Phi) is 8.89. The highest BCUT2D eigenvalue weighted by Crippen LogP contribution is 2.33. The fourth-order valence-corrected chi connectivity index (χ4v) is 5.08. The zero-order valence-electron chi connectivity index (χ0n) is 19.1. The Morgan fingerprint density at radius 1 is 1.09 bits per heavy atom. The van der Waals surface area contributed by atoms with Crippen molar-refractivity contribution in [3.05, 3.63) is 18.2 Å². The van der Waals surface area contributed by atoms with Gasteiger partial charge in [-0.1, -0.05) is 0 Å². The fraction of sp³-hybridized carbons (Fsp3) is 0.619. The number of piperazine rings is 1. The van der Waals surface area contributed by atoms with Crippen molar-refractivity contribution < 1.29 is 32.2 Å². The number of benzene rings is 1. The Hall–Kier alpha value is -2.41. The van der Waals surface area contributed by atoms with Gasteiger partial charge in [-0.15, -0.1) is 0 Å². The molecule has 0 atom stereocenters. The largest absolute Gasteiger partial charge is 0.486 e. The molecule has 1 fully saturated rings. The summed E-state index contributed by atoms with van der Waals surface area (Å²) in [4.78, 5) is 28.0. The van der Waals surface area contributed by atoms with Crippen molar-refractivity contribution in [2.75, 3.05) is 79.8 Å². The summed E-state index contributed by atoms with van der Waals surface area (Å²) in [6, 6.07) is 4.59. The summed E-state index contributed by atoms with van der Waals surface area (Å²) >= 11 is 0. The number of ether oxygens (including phenoxy) is 3. The number of carbonyl (C=O) groups excluding carboxylic acids is 2. The molecule has 0 bridgehead atoms. The zero-order valence-corrected chi connectivity index (χ0v) is 19.9. The van der Waals surface area contributed by atoms with Crippen LogP contribution in [0.3, 0.4) is 0 Å². The first-order valence-corrected chi connectivity index (χ1v) is 12.4. The quantitative estimate of drug-likeness (QED) is 0.437. The Morgan fingerprint density at radius 3 is 2.48 bits per heavy atom. The zero-order chi connectivity index (χ0) is 23.8. The number of hydrogen-bond acceptors (Lipinski definition) is 8. The molecule has 184 valence electrons. The molecule has 2 amide bonds. The molecule has 0 saturated carbocycles. The lowest BCUT2D eigenvalue weighted by Gasteiger charge is -2.34. The van der Waals surface area contributed by atoms with E-state index >= 15 is 0 Å². The molecular formula is C21H32N4O7S. The molecule has 1 saturated heterocycles. The molecule has 2 aliphatic rings. The van der Waals surface area contributed by atoms with Crippen LogP contribution in [-0.2, 0) is 24.3 Å². The van der Waals surface area contributed by atoms with Gasteiger partial charge < -0.3 is 24.4 Å². The van der Waals surface area contributed by atoms with Crippen molar-refractivity contribution in [1.29, 1.82) is 0 Å². The minimum atomic E-state index is -3.71. The van der Waals surface area contributed by atoms with E-state index in [9.17, 15) is 18.0 Å². The van der Waals surface area contributed by atoms with Crippen LogP contribution in [0.5, 0.6) is 11.5 Å². The number of sulfonamides is 1. The summed E-state index contributed by atoms with van der Waals surface area (Å²) in [7, 11) is -0.400.